The van der Waals surface area contributed by atoms with Crippen molar-refractivity contribution >= 4 is 0 Å². The molecule has 4 nitrogen and oxygen atoms in total. The summed E-state index contributed by atoms with van der Waals surface area (Å²) in [5, 5.41) is 23.3. The maximum absolute atomic E-state index is 9.67. The zero-order valence-corrected chi connectivity index (χ0v) is 8.60. The van der Waals surface area contributed by atoms with Gasteiger partial charge in [-0.25, -0.2) is 4.68 Å². The van der Waals surface area contributed by atoms with Crippen LogP contribution in [0.2, 0.25) is 0 Å². The van der Waals surface area contributed by atoms with E-state index in [0.717, 1.165) is 11.4 Å². The molecule has 0 saturated carbocycles. The Bertz CT molecular complexity index is 503. The van der Waals surface area contributed by atoms with Crippen molar-refractivity contribution in [3.8, 4) is 17.2 Å². The number of aryl methyl sites for hydroxylation is 2. The number of aromatic nitrogens is 2. The number of phenols is 2. The van der Waals surface area contributed by atoms with Gasteiger partial charge in [0.05, 0.1) is 5.69 Å². The van der Waals surface area contributed by atoms with E-state index in [1.807, 2.05) is 19.9 Å². The third kappa shape index (κ3) is 1.54. The summed E-state index contributed by atoms with van der Waals surface area (Å²) in [5.74, 6) is -0.288. The van der Waals surface area contributed by atoms with Crippen molar-refractivity contribution in [1.29, 1.82) is 0 Å². The summed E-state index contributed by atoms with van der Waals surface area (Å²) < 4.78 is 1.60. The van der Waals surface area contributed by atoms with E-state index in [0.29, 0.717) is 5.69 Å². The standard InChI is InChI=1S/C11H12N2O2/c1-7-6-8(2)13(12-7)9-4-3-5-10(14)11(9)15/h3-6,14-15H,1-2H3. The Morgan fingerprint density at radius 2 is 1.93 bits per heavy atom. The van der Waals surface area contributed by atoms with Crippen molar-refractivity contribution in [1.82, 2.24) is 9.78 Å². The number of para-hydroxylation sites is 1. The number of benzene rings is 1. The maximum Gasteiger partial charge on any atom is 0.183 e. The van der Waals surface area contributed by atoms with Gasteiger partial charge in [-0.05, 0) is 32.0 Å². The zero-order valence-electron chi connectivity index (χ0n) is 8.60. The molecule has 0 unspecified atom stereocenters. The van der Waals surface area contributed by atoms with Gasteiger partial charge in [-0.2, -0.15) is 5.10 Å². The summed E-state index contributed by atoms with van der Waals surface area (Å²) in [6.45, 7) is 3.77. The van der Waals surface area contributed by atoms with Gasteiger partial charge in [0.25, 0.3) is 0 Å². The summed E-state index contributed by atoms with van der Waals surface area (Å²) in [5.41, 5.74) is 2.27. The fourth-order valence-corrected chi connectivity index (χ4v) is 1.56. The molecule has 4 heteroatoms. The molecule has 0 fully saturated rings. The molecular weight excluding hydrogens is 192 g/mol. The van der Waals surface area contributed by atoms with E-state index in [2.05, 4.69) is 5.10 Å². The van der Waals surface area contributed by atoms with Crippen molar-refractivity contribution in [2.45, 2.75) is 13.8 Å². The van der Waals surface area contributed by atoms with Gasteiger partial charge in [0.2, 0.25) is 0 Å². The number of nitrogens with zero attached hydrogens (tertiary/aromatic N) is 2. The molecular formula is C11H12N2O2. The molecule has 1 heterocycles. The second kappa shape index (κ2) is 3.31. The number of rotatable bonds is 1. The largest absolute Gasteiger partial charge is 0.504 e. The minimum atomic E-state index is -0.149. The average Bonchev–Trinajstić information content (AvgIpc) is 2.50. The monoisotopic (exact) mass is 204 g/mol. The predicted molar refractivity (Wildman–Crippen MR) is 56.4 cm³/mol. The molecule has 0 aliphatic rings. The molecule has 0 bridgehead atoms. The third-order valence-corrected chi connectivity index (χ3v) is 2.23. The van der Waals surface area contributed by atoms with Crippen LogP contribution in [0.15, 0.2) is 24.3 Å². The number of hydrogen-bond acceptors (Lipinski definition) is 3. The highest BCUT2D eigenvalue weighted by Crippen LogP contribution is 2.31. The van der Waals surface area contributed by atoms with E-state index in [1.54, 1.807) is 16.8 Å². The van der Waals surface area contributed by atoms with Gasteiger partial charge in [0, 0.05) is 5.69 Å². The van der Waals surface area contributed by atoms with Gasteiger partial charge in [0.15, 0.2) is 11.5 Å². The Hall–Kier alpha value is -1.97. The van der Waals surface area contributed by atoms with E-state index >= 15 is 0 Å². The molecule has 0 aliphatic heterocycles. The minimum Gasteiger partial charge on any atom is -0.504 e. The lowest BCUT2D eigenvalue weighted by molar-refractivity contribution is 0.401. The molecule has 0 atom stereocenters. The molecule has 78 valence electrons. The van der Waals surface area contributed by atoms with Crippen LogP contribution >= 0.6 is 0 Å². The lowest BCUT2D eigenvalue weighted by atomic mass is 10.2. The van der Waals surface area contributed by atoms with Crippen LogP contribution in [0.4, 0.5) is 0 Å². The van der Waals surface area contributed by atoms with Crippen molar-refractivity contribution in [3.63, 3.8) is 0 Å². The number of phenolic OH excluding ortho intramolecular Hbond substituents is 2. The SMILES string of the molecule is Cc1cc(C)n(-c2cccc(O)c2O)n1. The topological polar surface area (TPSA) is 58.3 Å². The van der Waals surface area contributed by atoms with Crippen molar-refractivity contribution in [3.05, 3.63) is 35.7 Å². The lowest BCUT2D eigenvalue weighted by Gasteiger charge is -2.07. The molecule has 2 N–H and O–H groups in total. The van der Waals surface area contributed by atoms with Crippen LogP contribution in [0.3, 0.4) is 0 Å². The fourth-order valence-electron chi connectivity index (χ4n) is 1.56. The first-order chi connectivity index (χ1) is 7.09. The zero-order chi connectivity index (χ0) is 11.0. The van der Waals surface area contributed by atoms with Crippen LogP contribution in [0.1, 0.15) is 11.4 Å². The molecule has 2 aromatic rings. The lowest BCUT2D eigenvalue weighted by Crippen LogP contribution is -1.99. The van der Waals surface area contributed by atoms with Gasteiger partial charge in [-0.1, -0.05) is 6.07 Å². The highest BCUT2D eigenvalue weighted by molar-refractivity contribution is 5.54. The maximum atomic E-state index is 9.67. The molecule has 15 heavy (non-hydrogen) atoms. The Balaban J connectivity index is 2.64. The molecule has 0 saturated heterocycles. The summed E-state index contributed by atoms with van der Waals surface area (Å²) >= 11 is 0. The van der Waals surface area contributed by atoms with Gasteiger partial charge in [-0.3, -0.25) is 0 Å². The first kappa shape index (κ1) is 9.58. The summed E-state index contributed by atoms with van der Waals surface area (Å²) in [4.78, 5) is 0. The quantitative estimate of drug-likeness (QED) is 0.697. The second-order valence-corrected chi connectivity index (χ2v) is 3.48. The van der Waals surface area contributed by atoms with E-state index in [4.69, 9.17) is 0 Å². The van der Waals surface area contributed by atoms with Crippen LogP contribution < -0.4 is 0 Å². The molecule has 0 spiro atoms. The van der Waals surface area contributed by atoms with Gasteiger partial charge >= 0.3 is 0 Å². The Morgan fingerprint density at radius 1 is 1.20 bits per heavy atom. The first-order valence-electron chi connectivity index (χ1n) is 4.64. The highest BCUT2D eigenvalue weighted by Gasteiger charge is 2.10. The normalized spacial score (nSPS) is 10.5. The average molecular weight is 204 g/mol. The molecule has 0 amide bonds. The molecule has 2 rings (SSSR count). The van der Waals surface area contributed by atoms with Crippen LogP contribution in [0.25, 0.3) is 5.69 Å². The number of aromatic hydroxyl groups is 2. The summed E-state index contributed by atoms with van der Waals surface area (Å²) in [7, 11) is 0. The third-order valence-electron chi connectivity index (χ3n) is 2.23. The van der Waals surface area contributed by atoms with Crippen molar-refractivity contribution < 1.29 is 10.2 Å². The van der Waals surface area contributed by atoms with Crippen molar-refractivity contribution in [2.75, 3.05) is 0 Å². The summed E-state index contributed by atoms with van der Waals surface area (Å²) in [6.07, 6.45) is 0. The van der Waals surface area contributed by atoms with Gasteiger partial charge in [-0.15, -0.1) is 0 Å². The van der Waals surface area contributed by atoms with Crippen LogP contribution in [0, 0.1) is 13.8 Å². The van der Waals surface area contributed by atoms with E-state index in [9.17, 15) is 10.2 Å². The Kier molecular flexibility index (Phi) is 2.11. The minimum absolute atomic E-state index is 0.139. The highest BCUT2D eigenvalue weighted by atomic mass is 16.3. The van der Waals surface area contributed by atoms with E-state index in [-0.39, 0.29) is 11.5 Å². The molecule has 1 aromatic heterocycles. The van der Waals surface area contributed by atoms with Crippen LogP contribution in [-0.2, 0) is 0 Å². The van der Waals surface area contributed by atoms with Crippen LogP contribution in [0.5, 0.6) is 11.5 Å². The van der Waals surface area contributed by atoms with Crippen molar-refractivity contribution in [2.24, 2.45) is 0 Å². The Labute approximate surface area is 87.4 Å². The Morgan fingerprint density at radius 3 is 2.53 bits per heavy atom. The molecule has 0 aliphatic carbocycles. The van der Waals surface area contributed by atoms with Crippen LogP contribution in [-0.4, -0.2) is 20.0 Å². The van der Waals surface area contributed by atoms with E-state index in [1.165, 1.54) is 6.07 Å². The first-order valence-corrected chi connectivity index (χ1v) is 4.64. The predicted octanol–water partition coefficient (Wildman–Crippen LogP) is 1.90. The smallest absolute Gasteiger partial charge is 0.183 e. The second-order valence-electron chi connectivity index (χ2n) is 3.48. The summed E-state index contributed by atoms with van der Waals surface area (Å²) in [6, 6.07) is 6.71. The van der Waals surface area contributed by atoms with E-state index < -0.39 is 0 Å². The number of hydrogen-bond donors (Lipinski definition) is 2. The molecule has 0 radical (unpaired) electrons. The fraction of sp³-hybridized carbons (Fsp3) is 0.182. The van der Waals surface area contributed by atoms with Gasteiger partial charge in [0.1, 0.15) is 5.69 Å². The van der Waals surface area contributed by atoms with Gasteiger partial charge < -0.3 is 10.2 Å². The molecule has 1 aromatic carbocycles.